The molecule has 0 saturated carbocycles. The van der Waals surface area contributed by atoms with E-state index < -0.39 is 0 Å². The monoisotopic (exact) mass is 294 g/mol. The third-order valence-electron chi connectivity index (χ3n) is 3.58. The summed E-state index contributed by atoms with van der Waals surface area (Å²) >= 11 is 0. The number of hydrogen-bond donors (Lipinski definition) is 1. The van der Waals surface area contributed by atoms with Crippen LogP contribution in [0.4, 0.5) is 11.6 Å². The summed E-state index contributed by atoms with van der Waals surface area (Å²) in [6, 6.07) is 0.289. The molecule has 21 heavy (non-hydrogen) atoms. The first-order valence-electron chi connectivity index (χ1n) is 7.95. The van der Waals surface area contributed by atoms with Gasteiger partial charge < -0.3 is 15.0 Å². The van der Waals surface area contributed by atoms with Gasteiger partial charge in [0.2, 0.25) is 0 Å². The predicted molar refractivity (Wildman–Crippen MR) is 89.3 cm³/mol. The highest BCUT2D eigenvalue weighted by Gasteiger charge is 2.19. The molecule has 1 rings (SSSR count). The van der Waals surface area contributed by atoms with Crippen LogP contribution in [0.2, 0.25) is 0 Å². The van der Waals surface area contributed by atoms with Crippen LogP contribution in [0.25, 0.3) is 0 Å². The molecule has 5 nitrogen and oxygen atoms in total. The number of anilines is 2. The van der Waals surface area contributed by atoms with Gasteiger partial charge in [0.15, 0.2) is 0 Å². The molecule has 1 aromatic rings. The Kier molecular flexibility index (Phi) is 7.43. The van der Waals surface area contributed by atoms with Gasteiger partial charge in [0.25, 0.3) is 0 Å². The smallest absolute Gasteiger partial charge is 0.137 e. The first-order valence-corrected chi connectivity index (χ1v) is 7.95. The Morgan fingerprint density at radius 2 is 1.95 bits per heavy atom. The minimum atomic E-state index is 0.289. The van der Waals surface area contributed by atoms with Crippen LogP contribution in [0.15, 0.2) is 0 Å². The second kappa shape index (κ2) is 8.82. The molecule has 1 unspecified atom stereocenters. The molecule has 1 atom stereocenters. The molecule has 0 aliphatic heterocycles. The highest BCUT2D eigenvalue weighted by molar-refractivity contribution is 5.59. The molecule has 120 valence electrons. The van der Waals surface area contributed by atoms with Gasteiger partial charge in [-0.15, -0.1) is 0 Å². The van der Waals surface area contributed by atoms with Gasteiger partial charge in [0, 0.05) is 32.2 Å². The quantitative estimate of drug-likeness (QED) is 0.758. The Labute approximate surface area is 129 Å². The summed E-state index contributed by atoms with van der Waals surface area (Å²) in [5, 5.41) is 3.42. The topological polar surface area (TPSA) is 50.3 Å². The fourth-order valence-corrected chi connectivity index (χ4v) is 2.40. The van der Waals surface area contributed by atoms with Crippen molar-refractivity contribution in [1.82, 2.24) is 9.97 Å². The highest BCUT2D eigenvalue weighted by Crippen LogP contribution is 2.25. The van der Waals surface area contributed by atoms with Crippen LogP contribution >= 0.6 is 0 Å². The second-order valence-corrected chi connectivity index (χ2v) is 5.31. The van der Waals surface area contributed by atoms with E-state index in [1.54, 1.807) is 7.11 Å². The van der Waals surface area contributed by atoms with E-state index in [-0.39, 0.29) is 6.04 Å². The maximum absolute atomic E-state index is 5.30. The number of rotatable bonds is 9. The SMILES string of the molecule is CCCNc1nc(CC)nc(N(CC)C(C)COC)c1C. The number of hydrogen-bond acceptors (Lipinski definition) is 5. The van der Waals surface area contributed by atoms with Crippen LogP contribution in [-0.2, 0) is 11.2 Å². The van der Waals surface area contributed by atoms with Crippen molar-refractivity contribution in [2.45, 2.75) is 53.5 Å². The average molecular weight is 294 g/mol. The number of aromatic nitrogens is 2. The van der Waals surface area contributed by atoms with Crippen molar-refractivity contribution < 1.29 is 4.74 Å². The van der Waals surface area contributed by atoms with E-state index in [2.05, 4.69) is 49.8 Å². The fraction of sp³-hybridized carbons (Fsp3) is 0.750. The van der Waals surface area contributed by atoms with Crippen LogP contribution in [0.3, 0.4) is 0 Å². The molecule has 0 amide bonds. The van der Waals surface area contributed by atoms with E-state index in [4.69, 9.17) is 9.72 Å². The van der Waals surface area contributed by atoms with E-state index in [0.29, 0.717) is 6.61 Å². The molecule has 0 spiro atoms. The van der Waals surface area contributed by atoms with Gasteiger partial charge in [-0.3, -0.25) is 0 Å². The summed E-state index contributed by atoms with van der Waals surface area (Å²) < 4.78 is 5.30. The molecule has 1 aromatic heterocycles. The van der Waals surface area contributed by atoms with Crippen molar-refractivity contribution in [3.63, 3.8) is 0 Å². The summed E-state index contributed by atoms with van der Waals surface area (Å²) in [6.07, 6.45) is 1.92. The molecular formula is C16H30N4O. The maximum Gasteiger partial charge on any atom is 0.137 e. The summed E-state index contributed by atoms with van der Waals surface area (Å²) in [7, 11) is 1.74. The Morgan fingerprint density at radius 3 is 2.48 bits per heavy atom. The Hall–Kier alpha value is -1.36. The minimum Gasteiger partial charge on any atom is -0.383 e. The number of methoxy groups -OCH3 is 1. The van der Waals surface area contributed by atoms with Gasteiger partial charge in [-0.2, -0.15) is 0 Å². The van der Waals surface area contributed by atoms with Crippen LogP contribution in [0.5, 0.6) is 0 Å². The minimum absolute atomic E-state index is 0.289. The number of nitrogens with one attached hydrogen (secondary N) is 1. The Balaban J connectivity index is 3.18. The fourth-order valence-electron chi connectivity index (χ4n) is 2.40. The molecular weight excluding hydrogens is 264 g/mol. The molecule has 1 heterocycles. The molecule has 0 fully saturated rings. The largest absolute Gasteiger partial charge is 0.383 e. The Morgan fingerprint density at radius 1 is 1.24 bits per heavy atom. The second-order valence-electron chi connectivity index (χ2n) is 5.31. The molecule has 5 heteroatoms. The summed E-state index contributed by atoms with van der Waals surface area (Å²) in [5.41, 5.74) is 1.12. The first kappa shape index (κ1) is 17.7. The van der Waals surface area contributed by atoms with Crippen LogP contribution in [0, 0.1) is 6.92 Å². The van der Waals surface area contributed by atoms with Crippen molar-refractivity contribution in [3.8, 4) is 0 Å². The lowest BCUT2D eigenvalue weighted by Gasteiger charge is -2.30. The van der Waals surface area contributed by atoms with Crippen molar-refractivity contribution in [3.05, 3.63) is 11.4 Å². The molecule has 0 bridgehead atoms. The van der Waals surface area contributed by atoms with Gasteiger partial charge in [-0.25, -0.2) is 9.97 Å². The van der Waals surface area contributed by atoms with Crippen LogP contribution in [-0.4, -0.2) is 42.8 Å². The third-order valence-corrected chi connectivity index (χ3v) is 3.58. The zero-order chi connectivity index (χ0) is 15.8. The number of likely N-dealkylation sites (N-methyl/N-ethyl adjacent to an activating group) is 1. The van der Waals surface area contributed by atoms with Crippen LogP contribution in [0.1, 0.15) is 45.5 Å². The highest BCUT2D eigenvalue weighted by atomic mass is 16.5. The Bertz CT molecular complexity index is 437. The van der Waals surface area contributed by atoms with E-state index in [9.17, 15) is 0 Å². The summed E-state index contributed by atoms with van der Waals surface area (Å²) in [6.45, 7) is 13.2. The molecule has 0 aliphatic carbocycles. The standard InChI is InChI=1S/C16H30N4O/c1-7-10-17-15-13(5)16(19-14(8-2)18-15)20(9-3)12(4)11-21-6/h12H,7-11H2,1-6H3,(H,17,18,19). The summed E-state index contributed by atoms with van der Waals surface area (Å²) in [4.78, 5) is 11.7. The molecule has 0 saturated heterocycles. The van der Waals surface area contributed by atoms with E-state index >= 15 is 0 Å². The average Bonchev–Trinajstić information content (AvgIpc) is 2.48. The van der Waals surface area contributed by atoms with Crippen LogP contribution < -0.4 is 10.2 Å². The zero-order valence-electron chi connectivity index (χ0n) is 14.4. The maximum atomic E-state index is 5.30. The third kappa shape index (κ3) is 4.56. The normalized spacial score (nSPS) is 12.3. The van der Waals surface area contributed by atoms with E-state index in [1.807, 2.05) is 0 Å². The zero-order valence-corrected chi connectivity index (χ0v) is 14.4. The van der Waals surface area contributed by atoms with Gasteiger partial charge >= 0.3 is 0 Å². The lowest BCUT2D eigenvalue weighted by atomic mass is 10.2. The van der Waals surface area contributed by atoms with Gasteiger partial charge in [-0.05, 0) is 27.2 Å². The van der Waals surface area contributed by atoms with Crippen molar-refractivity contribution in [2.75, 3.05) is 37.0 Å². The van der Waals surface area contributed by atoms with Gasteiger partial charge in [0.05, 0.1) is 12.6 Å². The first-order chi connectivity index (χ1) is 10.1. The van der Waals surface area contributed by atoms with Gasteiger partial charge in [-0.1, -0.05) is 13.8 Å². The predicted octanol–water partition coefficient (Wildman–Crippen LogP) is 3.03. The molecule has 0 aromatic carbocycles. The lowest BCUT2D eigenvalue weighted by Crippen LogP contribution is -2.37. The van der Waals surface area contributed by atoms with Gasteiger partial charge in [0.1, 0.15) is 17.5 Å². The van der Waals surface area contributed by atoms with Crippen molar-refractivity contribution in [1.29, 1.82) is 0 Å². The molecule has 0 aliphatic rings. The number of nitrogens with zero attached hydrogens (tertiary/aromatic N) is 3. The van der Waals surface area contributed by atoms with E-state index in [1.165, 1.54) is 0 Å². The lowest BCUT2D eigenvalue weighted by molar-refractivity contribution is 0.181. The number of aryl methyl sites for hydroxylation is 1. The molecule has 0 radical (unpaired) electrons. The van der Waals surface area contributed by atoms with E-state index in [0.717, 1.165) is 49.0 Å². The van der Waals surface area contributed by atoms with Crippen molar-refractivity contribution >= 4 is 11.6 Å². The van der Waals surface area contributed by atoms with Crippen molar-refractivity contribution in [2.24, 2.45) is 0 Å². The summed E-state index contributed by atoms with van der Waals surface area (Å²) in [5.74, 6) is 2.87. The number of ether oxygens (including phenoxy) is 1. The molecule has 1 N–H and O–H groups in total.